The molecule has 0 fully saturated rings. The fraction of sp³-hybridized carbons (Fsp3) is 0.385. The summed E-state index contributed by atoms with van der Waals surface area (Å²) in [7, 11) is 0. The normalized spacial score (nSPS) is 12.6. The minimum absolute atomic E-state index is 0.241. The first-order chi connectivity index (χ1) is 9.16. The predicted molar refractivity (Wildman–Crippen MR) is 77.5 cm³/mol. The Hall–Kier alpha value is -1.10. The number of nitrogens with zero attached hydrogens (tertiary/aromatic N) is 3. The zero-order valence-electron chi connectivity index (χ0n) is 10.7. The van der Waals surface area contributed by atoms with Gasteiger partial charge in [0.1, 0.15) is 0 Å². The second kappa shape index (κ2) is 6.89. The van der Waals surface area contributed by atoms with Gasteiger partial charge in [-0.3, -0.25) is 4.68 Å². The van der Waals surface area contributed by atoms with Gasteiger partial charge in [0.2, 0.25) is 0 Å². The summed E-state index contributed by atoms with van der Waals surface area (Å²) in [5, 5.41) is 12.3. The van der Waals surface area contributed by atoms with Crippen molar-refractivity contribution in [3.05, 3.63) is 46.2 Å². The summed E-state index contributed by atoms with van der Waals surface area (Å²) in [5.41, 5.74) is 1.13. The van der Waals surface area contributed by atoms with Gasteiger partial charge in [-0.2, -0.15) is 0 Å². The van der Waals surface area contributed by atoms with Crippen LogP contribution < -0.4 is 5.32 Å². The second-order valence-corrected chi connectivity index (χ2v) is 5.18. The van der Waals surface area contributed by atoms with Gasteiger partial charge >= 0.3 is 0 Å². The number of benzene rings is 1. The fourth-order valence-electron chi connectivity index (χ4n) is 1.81. The molecule has 0 saturated heterocycles. The summed E-state index contributed by atoms with van der Waals surface area (Å²) in [6.45, 7) is 3.87. The molecule has 102 valence electrons. The van der Waals surface area contributed by atoms with E-state index < -0.39 is 0 Å². The van der Waals surface area contributed by atoms with E-state index in [0.717, 1.165) is 25.1 Å². The molecular formula is C13H16Cl2N4. The van der Waals surface area contributed by atoms with Crippen LogP contribution in [0.25, 0.3) is 0 Å². The molecule has 2 rings (SSSR count). The van der Waals surface area contributed by atoms with Crippen LogP contribution in [0.15, 0.2) is 30.6 Å². The van der Waals surface area contributed by atoms with Gasteiger partial charge in [0, 0.05) is 18.8 Å². The Balaban J connectivity index is 1.77. The lowest BCUT2D eigenvalue weighted by molar-refractivity contribution is 0.499. The highest BCUT2D eigenvalue weighted by atomic mass is 35.5. The quantitative estimate of drug-likeness (QED) is 0.832. The van der Waals surface area contributed by atoms with Crippen molar-refractivity contribution in [3.63, 3.8) is 0 Å². The highest BCUT2D eigenvalue weighted by Gasteiger charge is 2.06. The van der Waals surface area contributed by atoms with E-state index in [1.54, 1.807) is 6.20 Å². The van der Waals surface area contributed by atoms with Gasteiger partial charge in [-0.25, -0.2) is 0 Å². The monoisotopic (exact) mass is 298 g/mol. The highest BCUT2D eigenvalue weighted by Crippen LogP contribution is 2.25. The summed E-state index contributed by atoms with van der Waals surface area (Å²) in [5.74, 6) is 0. The van der Waals surface area contributed by atoms with Gasteiger partial charge in [0.15, 0.2) is 0 Å². The Labute approximate surface area is 122 Å². The van der Waals surface area contributed by atoms with Crippen molar-refractivity contribution in [2.75, 3.05) is 6.54 Å². The predicted octanol–water partition coefficient (Wildman–Crippen LogP) is 3.33. The molecule has 1 atom stereocenters. The van der Waals surface area contributed by atoms with Crippen LogP contribution in [0, 0.1) is 0 Å². The number of aromatic nitrogens is 3. The van der Waals surface area contributed by atoms with E-state index in [2.05, 4.69) is 22.6 Å². The van der Waals surface area contributed by atoms with E-state index in [-0.39, 0.29) is 6.04 Å². The average molecular weight is 299 g/mol. The molecular weight excluding hydrogens is 283 g/mol. The van der Waals surface area contributed by atoms with Crippen LogP contribution in [0.5, 0.6) is 0 Å². The highest BCUT2D eigenvalue weighted by molar-refractivity contribution is 6.42. The number of halogens is 2. The van der Waals surface area contributed by atoms with Crippen LogP contribution in [0.3, 0.4) is 0 Å². The molecule has 1 aromatic heterocycles. The Morgan fingerprint density at radius 3 is 2.84 bits per heavy atom. The smallest absolute Gasteiger partial charge is 0.0692 e. The summed E-state index contributed by atoms with van der Waals surface area (Å²) >= 11 is 11.9. The topological polar surface area (TPSA) is 42.7 Å². The first-order valence-corrected chi connectivity index (χ1v) is 6.95. The minimum atomic E-state index is 0.241. The third kappa shape index (κ3) is 4.20. The number of nitrogens with one attached hydrogen (secondary N) is 1. The van der Waals surface area contributed by atoms with E-state index >= 15 is 0 Å². The van der Waals surface area contributed by atoms with Crippen molar-refractivity contribution in [2.45, 2.75) is 25.9 Å². The molecule has 0 aliphatic carbocycles. The largest absolute Gasteiger partial charge is 0.310 e. The maximum atomic E-state index is 6.01. The maximum Gasteiger partial charge on any atom is 0.0692 e. The third-order valence-corrected chi connectivity index (χ3v) is 3.67. The number of aryl methyl sites for hydroxylation is 1. The minimum Gasteiger partial charge on any atom is -0.310 e. The molecule has 1 N–H and O–H groups in total. The van der Waals surface area contributed by atoms with E-state index in [0.29, 0.717) is 10.0 Å². The molecule has 0 aliphatic rings. The zero-order chi connectivity index (χ0) is 13.7. The molecule has 1 unspecified atom stereocenters. The standard InChI is InChI=1S/C13H16Cl2N4/c1-10(11-3-4-12(14)13(15)9-11)16-5-2-7-19-8-6-17-18-19/h3-4,6,8-10,16H,2,5,7H2,1H3. The maximum absolute atomic E-state index is 6.01. The van der Waals surface area contributed by atoms with Crippen molar-refractivity contribution in [1.29, 1.82) is 0 Å². The lowest BCUT2D eigenvalue weighted by atomic mass is 10.1. The summed E-state index contributed by atoms with van der Waals surface area (Å²) in [6, 6.07) is 5.96. The van der Waals surface area contributed by atoms with Gasteiger partial charge in [-0.1, -0.05) is 34.5 Å². The van der Waals surface area contributed by atoms with Gasteiger partial charge in [-0.15, -0.1) is 5.10 Å². The summed E-state index contributed by atoms with van der Waals surface area (Å²) < 4.78 is 1.82. The van der Waals surface area contributed by atoms with E-state index in [9.17, 15) is 0 Å². The van der Waals surface area contributed by atoms with E-state index in [1.165, 1.54) is 0 Å². The van der Waals surface area contributed by atoms with Crippen LogP contribution in [-0.4, -0.2) is 21.5 Å². The van der Waals surface area contributed by atoms with Crippen LogP contribution in [0.1, 0.15) is 24.9 Å². The first kappa shape index (κ1) is 14.3. The molecule has 0 spiro atoms. The molecule has 1 heterocycles. The summed E-state index contributed by atoms with van der Waals surface area (Å²) in [6.07, 6.45) is 4.54. The van der Waals surface area contributed by atoms with Crippen molar-refractivity contribution in [3.8, 4) is 0 Å². The van der Waals surface area contributed by atoms with Crippen LogP contribution in [0.2, 0.25) is 10.0 Å². The van der Waals surface area contributed by atoms with E-state index in [1.807, 2.05) is 29.1 Å². The van der Waals surface area contributed by atoms with Gasteiger partial charge < -0.3 is 5.32 Å². The molecule has 1 aromatic carbocycles. The van der Waals surface area contributed by atoms with Crippen LogP contribution in [0.4, 0.5) is 0 Å². The van der Waals surface area contributed by atoms with Crippen molar-refractivity contribution in [2.24, 2.45) is 0 Å². The molecule has 0 radical (unpaired) electrons. The Morgan fingerprint density at radius 2 is 2.16 bits per heavy atom. The first-order valence-electron chi connectivity index (χ1n) is 6.19. The summed E-state index contributed by atoms with van der Waals surface area (Å²) in [4.78, 5) is 0. The molecule has 0 bridgehead atoms. The van der Waals surface area contributed by atoms with E-state index in [4.69, 9.17) is 23.2 Å². The number of rotatable bonds is 6. The Kier molecular flexibility index (Phi) is 5.19. The van der Waals surface area contributed by atoms with Crippen molar-refractivity contribution in [1.82, 2.24) is 20.3 Å². The SMILES string of the molecule is CC(NCCCn1ccnn1)c1ccc(Cl)c(Cl)c1. The number of hydrogen-bond acceptors (Lipinski definition) is 3. The van der Waals surface area contributed by atoms with Crippen LogP contribution >= 0.6 is 23.2 Å². The van der Waals surface area contributed by atoms with Gasteiger partial charge in [0.25, 0.3) is 0 Å². The number of hydrogen-bond donors (Lipinski definition) is 1. The Morgan fingerprint density at radius 1 is 1.32 bits per heavy atom. The second-order valence-electron chi connectivity index (χ2n) is 4.37. The van der Waals surface area contributed by atoms with Gasteiger partial charge in [-0.05, 0) is 37.6 Å². The molecule has 2 aromatic rings. The fourth-order valence-corrected chi connectivity index (χ4v) is 2.12. The zero-order valence-corrected chi connectivity index (χ0v) is 12.2. The molecule has 0 aliphatic heterocycles. The van der Waals surface area contributed by atoms with Gasteiger partial charge in [0.05, 0.1) is 16.2 Å². The lowest BCUT2D eigenvalue weighted by Gasteiger charge is -2.14. The molecule has 0 saturated carbocycles. The lowest BCUT2D eigenvalue weighted by Crippen LogP contribution is -2.21. The van der Waals surface area contributed by atoms with Crippen LogP contribution in [-0.2, 0) is 6.54 Å². The third-order valence-electron chi connectivity index (χ3n) is 2.93. The molecule has 6 heteroatoms. The Bertz CT molecular complexity index is 513. The van der Waals surface area contributed by atoms with Crippen molar-refractivity contribution < 1.29 is 0 Å². The molecule has 4 nitrogen and oxygen atoms in total. The molecule has 19 heavy (non-hydrogen) atoms. The average Bonchev–Trinajstić information content (AvgIpc) is 2.91. The van der Waals surface area contributed by atoms with Crippen molar-refractivity contribution >= 4 is 23.2 Å². The molecule has 0 amide bonds.